The summed E-state index contributed by atoms with van der Waals surface area (Å²) in [4.78, 5) is 23.7. The van der Waals surface area contributed by atoms with Crippen LogP contribution in [0.15, 0.2) is 23.1 Å². The topological polar surface area (TPSA) is 58.2 Å². The largest absolute Gasteiger partial charge is 0.341 e. The maximum absolute atomic E-state index is 11.7. The average Bonchev–Trinajstić information content (AvgIpc) is 2.33. The standard InChI is InChI=1S/C13H18N2O2S/c1-8-5-6-11(7-9(8)2)18-10(3)12(16)15-13(17)14-4/h5-7,10H,1-4H3,(H2,14,15,16,17). The summed E-state index contributed by atoms with van der Waals surface area (Å²) >= 11 is 1.43. The molecule has 1 rings (SSSR count). The highest BCUT2D eigenvalue weighted by Crippen LogP contribution is 2.25. The molecule has 0 radical (unpaired) electrons. The highest BCUT2D eigenvalue weighted by molar-refractivity contribution is 8.00. The Kier molecular flexibility index (Phi) is 5.22. The Morgan fingerprint density at radius 2 is 1.89 bits per heavy atom. The van der Waals surface area contributed by atoms with Crippen LogP contribution in [0.5, 0.6) is 0 Å². The first-order valence-electron chi connectivity index (χ1n) is 5.70. The van der Waals surface area contributed by atoms with Crippen LogP contribution in [-0.4, -0.2) is 24.2 Å². The second-order valence-corrected chi connectivity index (χ2v) is 5.49. The van der Waals surface area contributed by atoms with Gasteiger partial charge in [0.1, 0.15) is 0 Å². The molecule has 98 valence electrons. The lowest BCUT2D eigenvalue weighted by Gasteiger charge is -2.11. The van der Waals surface area contributed by atoms with Gasteiger partial charge in [-0.25, -0.2) is 4.79 Å². The Hall–Kier alpha value is -1.49. The quantitative estimate of drug-likeness (QED) is 0.825. The minimum atomic E-state index is -0.479. The van der Waals surface area contributed by atoms with Crippen molar-refractivity contribution in [1.82, 2.24) is 10.6 Å². The van der Waals surface area contributed by atoms with Crippen molar-refractivity contribution in [2.75, 3.05) is 7.05 Å². The molecule has 0 bridgehead atoms. The number of carbonyl (C=O) groups excluding carboxylic acids is 2. The van der Waals surface area contributed by atoms with Crippen molar-refractivity contribution < 1.29 is 9.59 Å². The van der Waals surface area contributed by atoms with Crippen LogP contribution < -0.4 is 10.6 Å². The van der Waals surface area contributed by atoms with Gasteiger partial charge in [-0.05, 0) is 44.0 Å². The minimum absolute atomic E-state index is 0.294. The van der Waals surface area contributed by atoms with Gasteiger partial charge in [0.05, 0.1) is 5.25 Å². The molecule has 0 aliphatic carbocycles. The van der Waals surface area contributed by atoms with Crippen LogP contribution >= 0.6 is 11.8 Å². The first-order chi connectivity index (χ1) is 8.43. The summed E-state index contributed by atoms with van der Waals surface area (Å²) in [5.74, 6) is -0.294. The zero-order chi connectivity index (χ0) is 13.7. The van der Waals surface area contributed by atoms with Crippen molar-refractivity contribution in [1.29, 1.82) is 0 Å². The predicted octanol–water partition coefficient (Wildman–Crippen LogP) is 2.24. The van der Waals surface area contributed by atoms with Gasteiger partial charge >= 0.3 is 6.03 Å². The van der Waals surface area contributed by atoms with E-state index in [2.05, 4.69) is 10.6 Å². The summed E-state index contributed by atoms with van der Waals surface area (Å²) in [5.41, 5.74) is 2.42. The van der Waals surface area contributed by atoms with Crippen molar-refractivity contribution >= 4 is 23.7 Å². The van der Waals surface area contributed by atoms with Crippen LogP contribution in [0.3, 0.4) is 0 Å². The first kappa shape index (κ1) is 14.6. The van der Waals surface area contributed by atoms with E-state index in [-0.39, 0.29) is 11.2 Å². The van der Waals surface area contributed by atoms with Crippen LogP contribution in [0, 0.1) is 13.8 Å². The molecule has 1 aromatic rings. The molecular formula is C13H18N2O2S. The molecule has 0 fully saturated rings. The van der Waals surface area contributed by atoms with E-state index >= 15 is 0 Å². The molecule has 0 saturated carbocycles. The number of benzene rings is 1. The van der Waals surface area contributed by atoms with Crippen LogP contribution in [-0.2, 0) is 4.79 Å². The van der Waals surface area contributed by atoms with Gasteiger partial charge in [0, 0.05) is 11.9 Å². The van der Waals surface area contributed by atoms with Gasteiger partial charge in [0.2, 0.25) is 5.91 Å². The van der Waals surface area contributed by atoms with Gasteiger partial charge in [-0.15, -0.1) is 11.8 Å². The van der Waals surface area contributed by atoms with Gasteiger partial charge in [-0.1, -0.05) is 6.07 Å². The molecule has 0 aliphatic heterocycles. The fraction of sp³-hybridized carbons (Fsp3) is 0.385. The number of carbonyl (C=O) groups is 2. The fourth-order valence-corrected chi connectivity index (χ4v) is 2.29. The van der Waals surface area contributed by atoms with Crippen LogP contribution in [0.2, 0.25) is 0 Å². The molecule has 1 unspecified atom stereocenters. The van der Waals surface area contributed by atoms with E-state index in [4.69, 9.17) is 0 Å². The van der Waals surface area contributed by atoms with Gasteiger partial charge < -0.3 is 5.32 Å². The Morgan fingerprint density at radius 3 is 2.44 bits per heavy atom. The monoisotopic (exact) mass is 266 g/mol. The number of urea groups is 1. The van der Waals surface area contributed by atoms with Gasteiger partial charge in [0.15, 0.2) is 0 Å². The molecule has 1 atom stereocenters. The molecule has 0 spiro atoms. The number of rotatable bonds is 3. The molecule has 0 heterocycles. The number of thioether (sulfide) groups is 1. The molecule has 0 saturated heterocycles. The molecule has 18 heavy (non-hydrogen) atoms. The molecule has 0 aromatic heterocycles. The van der Waals surface area contributed by atoms with Crippen molar-refractivity contribution in [2.45, 2.75) is 30.9 Å². The van der Waals surface area contributed by atoms with E-state index in [9.17, 15) is 9.59 Å². The van der Waals surface area contributed by atoms with Crippen LogP contribution in [0.25, 0.3) is 0 Å². The van der Waals surface area contributed by atoms with E-state index < -0.39 is 6.03 Å². The highest BCUT2D eigenvalue weighted by atomic mass is 32.2. The van der Waals surface area contributed by atoms with Gasteiger partial charge in [-0.3, -0.25) is 10.1 Å². The van der Waals surface area contributed by atoms with Crippen molar-refractivity contribution in [2.24, 2.45) is 0 Å². The summed E-state index contributed by atoms with van der Waals surface area (Å²) < 4.78 is 0. The number of imide groups is 1. The number of hydrogen-bond acceptors (Lipinski definition) is 3. The Bertz CT molecular complexity index is 460. The van der Waals surface area contributed by atoms with E-state index in [1.54, 1.807) is 6.92 Å². The van der Waals surface area contributed by atoms with Gasteiger partial charge in [-0.2, -0.15) is 0 Å². The summed E-state index contributed by atoms with van der Waals surface area (Å²) in [5, 5.41) is 4.30. The lowest BCUT2D eigenvalue weighted by atomic mass is 10.1. The summed E-state index contributed by atoms with van der Waals surface area (Å²) in [6, 6.07) is 5.58. The van der Waals surface area contributed by atoms with Gasteiger partial charge in [0.25, 0.3) is 0 Å². The average molecular weight is 266 g/mol. The zero-order valence-electron chi connectivity index (χ0n) is 11.0. The van der Waals surface area contributed by atoms with E-state index in [0.717, 1.165) is 4.90 Å². The van der Waals surface area contributed by atoms with Crippen molar-refractivity contribution in [3.63, 3.8) is 0 Å². The molecule has 5 heteroatoms. The number of amides is 3. The number of aryl methyl sites for hydroxylation is 2. The second kappa shape index (κ2) is 6.44. The number of nitrogens with one attached hydrogen (secondary N) is 2. The third-order valence-corrected chi connectivity index (χ3v) is 3.72. The zero-order valence-corrected chi connectivity index (χ0v) is 11.9. The normalized spacial score (nSPS) is 11.8. The summed E-state index contributed by atoms with van der Waals surface area (Å²) in [7, 11) is 1.48. The molecule has 0 aliphatic rings. The van der Waals surface area contributed by atoms with Crippen LogP contribution in [0.1, 0.15) is 18.1 Å². The first-order valence-corrected chi connectivity index (χ1v) is 6.58. The maximum Gasteiger partial charge on any atom is 0.321 e. The molecular weight excluding hydrogens is 248 g/mol. The molecule has 1 aromatic carbocycles. The van der Waals surface area contributed by atoms with Crippen LogP contribution in [0.4, 0.5) is 4.79 Å². The molecule has 4 nitrogen and oxygen atoms in total. The van der Waals surface area contributed by atoms with E-state index in [1.165, 1.54) is 29.9 Å². The van der Waals surface area contributed by atoms with Crippen molar-refractivity contribution in [3.8, 4) is 0 Å². The smallest absolute Gasteiger partial charge is 0.321 e. The third kappa shape index (κ3) is 4.07. The lowest BCUT2D eigenvalue weighted by molar-refractivity contribution is -0.119. The third-order valence-electron chi connectivity index (χ3n) is 2.62. The highest BCUT2D eigenvalue weighted by Gasteiger charge is 2.16. The molecule has 2 N–H and O–H groups in total. The predicted molar refractivity (Wildman–Crippen MR) is 73.8 cm³/mol. The van der Waals surface area contributed by atoms with E-state index in [0.29, 0.717) is 0 Å². The minimum Gasteiger partial charge on any atom is -0.341 e. The maximum atomic E-state index is 11.7. The lowest BCUT2D eigenvalue weighted by Crippen LogP contribution is -2.41. The Labute approximate surface area is 112 Å². The second-order valence-electron chi connectivity index (χ2n) is 4.07. The molecule has 3 amide bonds. The number of hydrogen-bond donors (Lipinski definition) is 2. The summed E-state index contributed by atoms with van der Waals surface area (Å²) in [6.07, 6.45) is 0. The van der Waals surface area contributed by atoms with E-state index in [1.807, 2.05) is 32.0 Å². The van der Waals surface area contributed by atoms with Crippen molar-refractivity contribution in [3.05, 3.63) is 29.3 Å². The Morgan fingerprint density at radius 1 is 1.22 bits per heavy atom. The summed E-state index contributed by atoms with van der Waals surface area (Å²) in [6.45, 7) is 5.86. The fourth-order valence-electron chi connectivity index (χ4n) is 1.32. The Balaban J connectivity index is 2.63. The SMILES string of the molecule is CNC(=O)NC(=O)C(C)Sc1ccc(C)c(C)c1.